The lowest BCUT2D eigenvalue weighted by Gasteiger charge is -2.11. The number of rotatable bonds is 5. The van der Waals surface area contributed by atoms with Crippen LogP contribution < -0.4 is 9.47 Å². The van der Waals surface area contributed by atoms with Crippen molar-refractivity contribution in [1.29, 1.82) is 0 Å². The Morgan fingerprint density at radius 3 is 2.00 bits per heavy atom. The summed E-state index contributed by atoms with van der Waals surface area (Å²) in [6.45, 7) is 8.39. The van der Waals surface area contributed by atoms with Gasteiger partial charge < -0.3 is 14.6 Å². The molecule has 0 fully saturated rings. The highest BCUT2D eigenvalue weighted by Gasteiger charge is 2.10. The Morgan fingerprint density at radius 1 is 1.20 bits per heavy atom. The molecule has 82 valence electrons. The van der Waals surface area contributed by atoms with Gasteiger partial charge in [-0.25, -0.2) is 0 Å². The van der Waals surface area contributed by atoms with E-state index in [4.69, 9.17) is 9.47 Å². The lowest BCUT2D eigenvalue weighted by Crippen LogP contribution is -1.97. The van der Waals surface area contributed by atoms with Gasteiger partial charge >= 0.3 is 0 Å². The minimum absolute atomic E-state index is 0.0456. The van der Waals surface area contributed by atoms with E-state index in [1.165, 1.54) is 0 Å². The molecule has 0 aliphatic heterocycles. The third-order valence-electron chi connectivity index (χ3n) is 1.90. The van der Waals surface area contributed by atoms with Crippen LogP contribution in [-0.2, 0) is 0 Å². The second-order valence-electron chi connectivity index (χ2n) is 2.94. The fourth-order valence-electron chi connectivity index (χ4n) is 1.25. The van der Waals surface area contributed by atoms with Crippen LogP contribution in [0.1, 0.15) is 19.4 Å². The van der Waals surface area contributed by atoms with Crippen LogP contribution in [0.2, 0.25) is 0 Å². The highest BCUT2D eigenvalue weighted by Crippen LogP contribution is 2.37. The summed E-state index contributed by atoms with van der Waals surface area (Å²) in [5, 5.41) is 9.79. The number of phenolic OH excluding ortho intramolecular Hbond substituents is 1. The third kappa shape index (κ3) is 2.65. The summed E-state index contributed by atoms with van der Waals surface area (Å²) in [7, 11) is 0. The van der Waals surface area contributed by atoms with Crippen molar-refractivity contribution in [3.63, 3.8) is 0 Å². The van der Waals surface area contributed by atoms with E-state index >= 15 is 0 Å². The maximum Gasteiger partial charge on any atom is 0.200 e. The van der Waals surface area contributed by atoms with Gasteiger partial charge in [0.2, 0.25) is 5.75 Å². The van der Waals surface area contributed by atoms with Crippen molar-refractivity contribution < 1.29 is 14.6 Å². The van der Waals surface area contributed by atoms with Gasteiger partial charge in [-0.05, 0) is 31.5 Å². The van der Waals surface area contributed by atoms with Crippen LogP contribution in [0.3, 0.4) is 0 Å². The van der Waals surface area contributed by atoms with E-state index in [0.717, 1.165) is 5.56 Å². The van der Waals surface area contributed by atoms with Crippen molar-refractivity contribution in [3.05, 3.63) is 24.3 Å². The molecule has 1 aromatic carbocycles. The number of ether oxygens (including phenoxy) is 2. The fourth-order valence-corrected chi connectivity index (χ4v) is 1.25. The van der Waals surface area contributed by atoms with Gasteiger partial charge in [-0.3, -0.25) is 0 Å². The van der Waals surface area contributed by atoms with Crippen LogP contribution in [0.25, 0.3) is 6.08 Å². The Bertz CT molecular complexity index is 318. The van der Waals surface area contributed by atoms with Gasteiger partial charge in [0.15, 0.2) is 11.5 Å². The summed E-state index contributed by atoms with van der Waals surface area (Å²) < 4.78 is 10.6. The normalized spacial score (nSPS) is 9.73. The molecule has 0 radical (unpaired) electrons. The molecule has 0 spiro atoms. The molecule has 0 unspecified atom stereocenters. The average molecular weight is 208 g/mol. The number of hydrogen-bond donors (Lipinski definition) is 1. The van der Waals surface area contributed by atoms with Crippen LogP contribution >= 0.6 is 0 Å². The zero-order chi connectivity index (χ0) is 11.3. The van der Waals surface area contributed by atoms with Crippen LogP contribution in [0.15, 0.2) is 18.7 Å². The highest BCUT2D eigenvalue weighted by molar-refractivity contribution is 5.60. The van der Waals surface area contributed by atoms with Crippen molar-refractivity contribution in [2.75, 3.05) is 13.2 Å². The molecular formula is C12H16O3. The van der Waals surface area contributed by atoms with E-state index in [1.54, 1.807) is 18.2 Å². The first-order valence-corrected chi connectivity index (χ1v) is 4.98. The molecule has 0 heterocycles. The Balaban J connectivity index is 3.14. The molecule has 0 aromatic heterocycles. The van der Waals surface area contributed by atoms with Crippen molar-refractivity contribution in [2.24, 2.45) is 0 Å². The first kappa shape index (κ1) is 11.4. The highest BCUT2D eigenvalue weighted by atomic mass is 16.5. The van der Waals surface area contributed by atoms with E-state index in [-0.39, 0.29) is 5.75 Å². The summed E-state index contributed by atoms with van der Waals surface area (Å²) in [5.41, 5.74) is 0.861. The summed E-state index contributed by atoms with van der Waals surface area (Å²) in [6, 6.07) is 3.46. The number of aromatic hydroxyl groups is 1. The predicted octanol–water partition coefficient (Wildman–Crippen LogP) is 2.83. The lowest BCUT2D eigenvalue weighted by atomic mass is 10.2. The Morgan fingerprint density at radius 2 is 1.67 bits per heavy atom. The van der Waals surface area contributed by atoms with Crippen LogP contribution in [0.5, 0.6) is 17.2 Å². The second kappa shape index (κ2) is 5.29. The first-order valence-electron chi connectivity index (χ1n) is 4.98. The van der Waals surface area contributed by atoms with Gasteiger partial charge in [-0.2, -0.15) is 0 Å². The standard InChI is InChI=1S/C12H16O3/c1-4-9-7-10(14-5-2)12(13)11(8-9)15-6-3/h4,7-8,13H,1,5-6H2,2-3H3. The molecule has 0 saturated heterocycles. The van der Waals surface area contributed by atoms with Gasteiger partial charge in [0.25, 0.3) is 0 Å². The SMILES string of the molecule is C=Cc1cc(OCC)c(O)c(OCC)c1. The molecule has 0 amide bonds. The Hall–Kier alpha value is -1.64. The lowest BCUT2D eigenvalue weighted by molar-refractivity contribution is 0.289. The van der Waals surface area contributed by atoms with E-state index in [9.17, 15) is 5.11 Å². The van der Waals surface area contributed by atoms with E-state index in [1.807, 2.05) is 13.8 Å². The average Bonchev–Trinajstić information content (AvgIpc) is 2.24. The minimum atomic E-state index is 0.0456. The number of benzene rings is 1. The maximum absolute atomic E-state index is 9.79. The first-order chi connectivity index (χ1) is 7.22. The van der Waals surface area contributed by atoms with Gasteiger partial charge in [-0.1, -0.05) is 12.7 Å². The topological polar surface area (TPSA) is 38.7 Å². The van der Waals surface area contributed by atoms with Crippen molar-refractivity contribution >= 4 is 6.08 Å². The molecule has 0 atom stereocenters. The van der Waals surface area contributed by atoms with Crippen LogP contribution in [0.4, 0.5) is 0 Å². The third-order valence-corrected chi connectivity index (χ3v) is 1.90. The molecule has 1 rings (SSSR count). The molecule has 0 aliphatic rings. The molecular weight excluding hydrogens is 192 g/mol. The monoisotopic (exact) mass is 208 g/mol. The summed E-state index contributed by atoms with van der Waals surface area (Å²) in [6.07, 6.45) is 1.68. The second-order valence-corrected chi connectivity index (χ2v) is 2.94. The predicted molar refractivity (Wildman–Crippen MR) is 60.5 cm³/mol. The van der Waals surface area contributed by atoms with Crippen molar-refractivity contribution in [1.82, 2.24) is 0 Å². The largest absolute Gasteiger partial charge is 0.502 e. The van der Waals surface area contributed by atoms with E-state index in [0.29, 0.717) is 24.7 Å². The molecule has 3 nitrogen and oxygen atoms in total. The van der Waals surface area contributed by atoms with Gasteiger partial charge in [0, 0.05) is 0 Å². The molecule has 0 aliphatic carbocycles. The molecule has 0 bridgehead atoms. The van der Waals surface area contributed by atoms with Gasteiger partial charge in [0.1, 0.15) is 0 Å². The van der Waals surface area contributed by atoms with E-state index < -0.39 is 0 Å². The molecule has 15 heavy (non-hydrogen) atoms. The number of phenols is 1. The smallest absolute Gasteiger partial charge is 0.200 e. The van der Waals surface area contributed by atoms with Gasteiger partial charge in [0.05, 0.1) is 13.2 Å². The van der Waals surface area contributed by atoms with E-state index in [2.05, 4.69) is 6.58 Å². The summed E-state index contributed by atoms with van der Waals surface area (Å²) in [5.74, 6) is 0.904. The summed E-state index contributed by atoms with van der Waals surface area (Å²) in [4.78, 5) is 0. The zero-order valence-electron chi connectivity index (χ0n) is 9.12. The van der Waals surface area contributed by atoms with Crippen molar-refractivity contribution in [3.8, 4) is 17.2 Å². The molecule has 1 N–H and O–H groups in total. The Labute approximate surface area is 90.0 Å². The zero-order valence-corrected chi connectivity index (χ0v) is 9.12. The van der Waals surface area contributed by atoms with Gasteiger partial charge in [-0.15, -0.1) is 0 Å². The maximum atomic E-state index is 9.79. The quantitative estimate of drug-likeness (QED) is 0.808. The summed E-state index contributed by atoms with van der Waals surface area (Å²) >= 11 is 0. The molecule has 3 heteroatoms. The molecule has 1 aromatic rings. The molecule has 0 saturated carbocycles. The minimum Gasteiger partial charge on any atom is -0.502 e. The van der Waals surface area contributed by atoms with Crippen LogP contribution in [0, 0.1) is 0 Å². The van der Waals surface area contributed by atoms with Crippen molar-refractivity contribution in [2.45, 2.75) is 13.8 Å². The van der Waals surface area contributed by atoms with Crippen LogP contribution in [-0.4, -0.2) is 18.3 Å². The fraction of sp³-hybridized carbons (Fsp3) is 0.333. The number of hydrogen-bond acceptors (Lipinski definition) is 3. The Kier molecular flexibility index (Phi) is 4.03.